The zero-order valence-corrected chi connectivity index (χ0v) is 15.2. The molecule has 0 aromatic heterocycles. The monoisotopic (exact) mass is 379 g/mol. The molecule has 1 amide bonds. The van der Waals surface area contributed by atoms with Crippen molar-refractivity contribution in [2.45, 2.75) is 32.7 Å². The van der Waals surface area contributed by atoms with Gasteiger partial charge in [0, 0.05) is 4.47 Å². The lowest BCUT2D eigenvalue weighted by molar-refractivity contribution is -0.144. The van der Waals surface area contributed by atoms with Crippen molar-refractivity contribution < 1.29 is 14.3 Å². The lowest BCUT2D eigenvalue weighted by Crippen LogP contribution is -2.36. The number of halogens is 1. The number of carbonyl (C=O) groups excluding carboxylic acids is 2. The Morgan fingerprint density at radius 1 is 1.26 bits per heavy atom. The molecule has 4 nitrogen and oxygen atoms in total. The van der Waals surface area contributed by atoms with E-state index in [0.717, 1.165) is 6.42 Å². The lowest BCUT2D eigenvalue weighted by atomic mass is 10.1. The summed E-state index contributed by atoms with van der Waals surface area (Å²) in [6.45, 7) is 4.07. The van der Waals surface area contributed by atoms with E-state index in [0.29, 0.717) is 12.8 Å². The van der Waals surface area contributed by atoms with E-state index in [1.165, 1.54) is 27.9 Å². The van der Waals surface area contributed by atoms with Crippen molar-refractivity contribution in [2.24, 2.45) is 0 Å². The fourth-order valence-corrected chi connectivity index (χ4v) is 2.67. The van der Waals surface area contributed by atoms with E-state index in [4.69, 9.17) is 0 Å². The molecule has 0 radical (unpaired) electrons. The van der Waals surface area contributed by atoms with Crippen LogP contribution in [0.4, 0.5) is 0 Å². The van der Waals surface area contributed by atoms with E-state index in [-0.39, 0.29) is 5.97 Å². The molecule has 0 heterocycles. The first kappa shape index (κ1) is 19.2. The fourth-order valence-electron chi connectivity index (χ4n) is 2.20. The molecule has 1 N–H and O–H groups in total. The summed E-state index contributed by atoms with van der Waals surface area (Å²) in [4.78, 5) is 20.8. The van der Waals surface area contributed by atoms with Gasteiger partial charge in [0.25, 0.3) is 0 Å². The second-order valence-electron chi connectivity index (χ2n) is 5.06. The maximum absolute atomic E-state index is 10.8. The third-order valence-corrected chi connectivity index (χ3v) is 4.11. The number of methoxy groups -OCH3 is 1. The van der Waals surface area contributed by atoms with Gasteiger partial charge in [-0.15, -0.1) is 0 Å². The van der Waals surface area contributed by atoms with Crippen LogP contribution in [0.1, 0.15) is 25.3 Å². The molecule has 0 bridgehead atoms. The number of carbonyl (C=O) groups is 2. The predicted molar refractivity (Wildman–Crippen MR) is 96.3 cm³/mol. The first-order valence-corrected chi connectivity index (χ1v) is 8.25. The summed E-state index contributed by atoms with van der Waals surface area (Å²) in [5.74, 6) is -0.390. The molecule has 0 fully saturated rings. The SMILES string of the molecule is CCC[C@H](NC=O)C(=O)OC.Cc1ccc(Br)c2ccccc12. The minimum Gasteiger partial charge on any atom is -0.467 e. The van der Waals surface area contributed by atoms with Gasteiger partial charge >= 0.3 is 5.97 Å². The molecule has 0 spiro atoms. The molecule has 5 heteroatoms. The molecule has 2 aromatic carbocycles. The highest BCUT2D eigenvalue weighted by atomic mass is 79.9. The van der Waals surface area contributed by atoms with Crippen LogP contribution in [0, 0.1) is 6.92 Å². The van der Waals surface area contributed by atoms with Gasteiger partial charge in [-0.25, -0.2) is 4.79 Å². The fraction of sp³-hybridized carbons (Fsp3) is 0.333. The number of amides is 1. The molecule has 0 saturated heterocycles. The number of hydrogen-bond donors (Lipinski definition) is 1. The summed E-state index contributed by atoms with van der Waals surface area (Å²) >= 11 is 3.53. The van der Waals surface area contributed by atoms with Crippen molar-refractivity contribution in [1.82, 2.24) is 5.32 Å². The van der Waals surface area contributed by atoms with E-state index < -0.39 is 6.04 Å². The first-order chi connectivity index (χ1) is 11.0. The van der Waals surface area contributed by atoms with Gasteiger partial charge in [0.2, 0.25) is 6.41 Å². The number of ether oxygens (including phenoxy) is 1. The van der Waals surface area contributed by atoms with Crippen LogP contribution in [-0.2, 0) is 14.3 Å². The summed E-state index contributed by atoms with van der Waals surface area (Å²) in [7, 11) is 1.30. The van der Waals surface area contributed by atoms with Gasteiger partial charge in [-0.2, -0.15) is 0 Å². The summed E-state index contributed by atoms with van der Waals surface area (Å²) < 4.78 is 5.63. The topological polar surface area (TPSA) is 55.4 Å². The molecule has 1 atom stereocenters. The molecule has 0 aliphatic rings. The van der Waals surface area contributed by atoms with Crippen LogP contribution in [-0.4, -0.2) is 25.5 Å². The quantitative estimate of drug-likeness (QED) is 0.631. The zero-order valence-electron chi connectivity index (χ0n) is 13.6. The molecule has 0 aliphatic carbocycles. The predicted octanol–water partition coefficient (Wildman–Crippen LogP) is 3.98. The van der Waals surface area contributed by atoms with Crippen LogP contribution >= 0.6 is 15.9 Å². The Bertz CT molecular complexity index is 617. The van der Waals surface area contributed by atoms with Crippen molar-refractivity contribution in [3.05, 3.63) is 46.4 Å². The molecule has 0 unspecified atom stereocenters. The molecule has 23 heavy (non-hydrogen) atoms. The Balaban J connectivity index is 0.000000232. The molecule has 124 valence electrons. The number of benzene rings is 2. The third-order valence-electron chi connectivity index (χ3n) is 3.42. The number of hydrogen-bond acceptors (Lipinski definition) is 3. The van der Waals surface area contributed by atoms with E-state index >= 15 is 0 Å². The van der Waals surface area contributed by atoms with Crippen LogP contribution in [0.25, 0.3) is 10.8 Å². The largest absolute Gasteiger partial charge is 0.467 e. The Hall–Kier alpha value is -1.88. The number of rotatable bonds is 5. The van der Waals surface area contributed by atoms with Crippen molar-refractivity contribution >= 4 is 39.1 Å². The molecule has 0 saturated carbocycles. The molecule has 0 aliphatic heterocycles. The maximum atomic E-state index is 10.8. The van der Waals surface area contributed by atoms with Crippen LogP contribution in [0.5, 0.6) is 0 Å². The van der Waals surface area contributed by atoms with Crippen LogP contribution in [0.3, 0.4) is 0 Å². The molecule has 2 rings (SSSR count). The smallest absolute Gasteiger partial charge is 0.328 e. The highest BCUT2D eigenvalue weighted by Crippen LogP contribution is 2.25. The van der Waals surface area contributed by atoms with Crippen molar-refractivity contribution in [1.29, 1.82) is 0 Å². The lowest BCUT2D eigenvalue weighted by Gasteiger charge is -2.11. The van der Waals surface area contributed by atoms with Gasteiger partial charge in [-0.05, 0) is 35.7 Å². The van der Waals surface area contributed by atoms with E-state index in [2.05, 4.69) is 69.3 Å². The van der Waals surface area contributed by atoms with Gasteiger partial charge < -0.3 is 10.1 Å². The second-order valence-corrected chi connectivity index (χ2v) is 5.91. The standard InChI is InChI=1S/C11H9Br.C7H13NO3/c1-8-6-7-11(12)10-5-3-2-4-9(8)10;1-3-4-6(8-5-9)7(10)11-2/h2-7H,1H3;5-6H,3-4H2,1-2H3,(H,8,9)/t;6-/m.0/s1. The van der Waals surface area contributed by atoms with Gasteiger partial charge in [-0.1, -0.05) is 59.6 Å². The van der Waals surface area contributed by atoms with Gasteiger partial charge in [-0.3, -0.25) is 4.79 Å². The van der Waals surface area contributed by atoms with Crippen LogP contribution < -0.4 is 5.32 Å². The number of nitrogens with one attached hydrogen (secondary N) is 1. The highest BCUT2D eigenvalue weighted by Gasteiger charge is 2.15. The van der Waals surface area contributed by atoms with Gasteiger partial charge in [0.15, 0.2) is 0 Å². The van der Waals surface area contributed by atoms with Crippen LogP contribution in [0.15, 0.2) is 40.9 Å². The molecule has 2 aromatic rings. The van der Waals surface area contributed by atoms with Gasteiger partial charge in [0.05, 0.1) is 7.11 Å². The Morgan fingerprint density at radius 2 is 1.91 bits per heavy atom. The Morgan fingerprint density at radius 3 is 2.43 bits per heavy atom. The molecular weight excluding hydrogens is 358 g/mol. The first-order valence-electron chi connectivity index (χ1n) is 7.46. The van der Waals surface area contributed by atoms with E-state index in [1.807, 2.05) is 6.92 Å². The van der Waals surface area contributed by atoms with Crippen LogP contribution in [0.2, 0.25) is 0 Å². The summed E-state index contributed by atoms with van der Waals surface area (Å²) in [6, 6.07) is 12.2. The summed E-state index contributed by atoms with van der Waals surface area (Å²) in [6.07, 6.45) is 1.96. The minimum atomic E-state index is -0.484. The van der Waals surface area contributed by atoms with E-state index in [9.17, 15) is 9.59 Å². The Labute approximate surface area is 145 Å². The average molecular weight is 380 g/mol. The number of esters is 1. The maximum Gasteiger partial charge on any atom is 0.328 e. The Kier molecular flexibility index (Phi) is 8.33. The molecular formula is C18H22BrNO3. The van der Waals surface area contributed by atoms with Crippen molar-refractivity contribution in [3.63, 3.8) is 0 Å². The normalized spacial score (nSPS) is 11.1. The van der Waals surface area contributed by atoms with E-state index in [1.54, 1.807) is 0 Å². The van der Waals surface area contributed by atoms with Crippen molar-refractivity contribution in [3.8, 4) is 0 Å². The average Bonchev–Trinajstić information content (AvgIpc) is 2.58. The second kappa shape index (κ2) is 10.0. The summed E-state index contributed by atoms with van der Waals surface area (Å²) in [5.41, 5.74) is 1.33. The number of aryl methyl sites for hydroxylation is 1. The highest BCUT2D eigenvalue weighted by molar-refractivity contribution is 9.10. The van der Waals surface area contributed by atoms with Crippen molar-refractivity contribution in [2.75, 3.05) is 7.11 Å². The zero-order chi connectivity index (χ0) is 17.2. The number of fused-ring (bicyclic) bond motifs is 1. The van der Waals surface area contributed by atoms with Gasteiger partial charge in [0.1, 0.15) is 6.04 Å². The summed E-state index contributed by atoms with van der Waals surface area (Å²) in [5, 5.41) is 4.99. The minimum absolute atomic E-state index is 0.390. The third kappa shape index (κ3) is 5.67.